The summed E-state index contributed by atoms with van der Waals surface area (Å²) in [6, 6.07) is 15.7. The van der Waals surface area contributed by atoms with Gasteiger partial charge in [-0.3, -0.25) is 15.1 Å². The lowest BCUT2D eigenvalue weighted by Gasteiger charge is -2.26. The van der Waals surface area contributed by atoms with E-state index in [9.17, 15) is 32.8 Å². The van der Waals surface area contributed by atoms with E-state index in [-0.39, 0.29) is 28.2 Å². The molecule has 0 fully saturated rings. The van der Waals surface area contributed by atoms with Crippen LogP contribution in [0.3, 0.4) is 0 Å². The van der Waals surface area contributed by atoms with Gasteiger partial charge in [0.05, 0.1) is 26.9 Å². The van der Waals surface area contributed by atoms with Crippen molar-refractivity contribution in [1.29, 1.82) is 0 Å². The first kappa shape index (κ1) is 25.7. The Labute approximate surface area is 211 Å². The smallest absolute Gasteiger partial charge is 0.337 e. The van der Waals surface area contributed by atoms with Gasteiger partial charge >= 0.3 is 5.97 Å². The van der Waals surface area contributed by atoms with Crippen molar-refractivity contribution in [1.82, 2.24) is 9.29 Å². The molecule has 0 unspecified atom stereocenters. The van der Waals surface area contributed by atoms with Gasteiger partial charge in [-0.25, -0.2) is 17.6 Å². The average Bonchev–Trinajstić information content (AvgIpc) is 2.88. The maximum absolute atomic E-state index is 14.1. The molecule has 0 aliphatic heterocycles. The summed E-state index contributed by atoms with van der Waals surface area (Å²) in [5, 5.41) is 24.1. The first-order chi connectivity index (χ1) is 17.6. The van der Waals surface area contributed by atoms with Crippen molar-refractivity contribution in [3.8, 4) is 0 Å². The minimum absolute atomic E-state index is 0.00122. The Morgan fingerprint density at radius 1 is 1.14 bits per heavy atom. The van der Waals surface area contributed by atoms with E-state index in [1.54, 1.807) is 24.3 Å². The Hall–Kier alpha value is -4.42. The molecular weight excluding hydrogens is 503 g/mol. The number of carboxylic acid groups (broad SMARTS) is 1. The predicted octanol–water partition coefficient (Wildman–Crippen LogP) is 4.45. The third-order valence-electron chi connectivity index (χ3n) is 5.78. The van der Waals surface area contributed by atoms with Gasteiger partial charge in [0.25, 0.3) is 5.69 Å². The molecule has 12 heteroatoms. The van der Waals surface area contributed by atoms with Crippen molar-refractivity contribution in [2.75, 3.05) is 18.9 Å². The highest BCUT2D eigenvalue weighted by Gasteiger charge is 2.26. The number of hydrogen-bond donors (Lipinski definition) is 2. The van der Waals surface area contributed by atoms with Crippen LogP contribution < -0.4 is 5.32 Å². The summed E-state index contributed by atoms with van der Waals surface area (Å²) >= 11 is 0. The Bertz CT molecular complexity index is 1590. The molecule has 0 saturated heterocycles. The van der Waals surface area contributed by atoms with Crippen molar-refractivity contribution in [3.63, 3.8) is 0 Å². The second kappa shape index (κ2) is 10.3. The predicted molar refractivity (Wildman–Crippen MR) is 134 cm³/mol. The number of carbonyl (C=O) groups is 1. The third-order valence-corrected chi connectivity index (χ3v) is 7.61. The molecule has 4 aromatic rings. The molecular formula is C25H21FN4O6S. The summed E-state index contributed by atoms with van der Waals surface area (Å²) in [6.07, 6.45) is 1.47. The number of benzene rings is 3. The fourth-order valence-electron chi connectivity index (χ4n) is 3.89. The SMILES string of the molecule is CN(C[C@@H](Nc1ccc(C(=O)O)c2ncccc12)c1cccc(F)c1)S(=O)(=O)c1ccc([N+](=O)[O-])cc1. The van der Waals surface area contributed by atoms with E-state index >= 15 is 0 Å². The van der Waals surface area contributed by atoms with Crippen LogP contribution in [-0.4, -0.2) is 47.3 Å². The Morgan fingerprint density at radius 3 is 2.51 bits per heavy atom. The van der Waals surface area contributed by atoms with Gasteiger partial charge in [-0.05, 0) is 54.1 Å². The van der Waals surface area contributed by atoms with E-state index < -0.39 is 32.8 Å². The number of hydrogen-bond acceptors (Lipinski definition) is 7. The molecule has 10 nitrogen and oxygen atoms in total. The van der Waals surface area contributed by atoms with Crippen LogP contribution in [0.4, 0.5) is 15.8 Å². The zero-order chi connectivity index (χ0) is 26.7. The van der Waals surface area contributed by atoms with Crippen molar-refractivity contribution in [2.24, 2.45) is 0 Å². The monoisotopic (exact) mass is 524 g/mol. The standard InChI is InChI=1S/C25H21FN4O6S/c1-29(37(35,36)19-9-7-18(8-10-19)30(33)34)15-23(16-4-2-5-17(26)14-16)28-22-12-11-21(25(31)32)24-20(22)6-3-13-27-24/h2-14,23,28H,15H2,1H3,(H,31,32)/t23-/m1/s1. The summed E-state index contributed by atoms with van der Waals surface area (Å²) in [7, 11) is -2.72. The fourth-order valence-corrected chi connectivity index (χ4v) is 5.08. The number of fused-ring (bicyclic) bond motifs is 1. The molecule has 0 aliphatic carbocycles. The number of anilines is 1. The largest absolute Gasteiger partial charge is 0.478 e. The van der Waals surface area contributed by atoms with E-state index in [1.807, 2.05) is 0 Å². The van der Waals surface area contributed by atoms with Crippen molar-refractivity contribution in [3.05, 3.63) is 106 Å². The molecule has 0 radical (unpaired) electrons. The van der Waals surface area contributed by atoms with Crippen LogP contribution in [0.1, 0.15) is 22.0 Å². The van der Waals surface area contributed by atoms with Crippen LogP contribution >= 0.6 is 0 Å². The lowest BCUT2D eigenvalue weighted by molar-refractivity contribution is -0.384. The van der Waals surface area contributed by atoms with Gasteiger partial charge in [0, 0.05) is 43.0 Å². The highest BCUT2D eigenvalue weighted by molar-refractivity contribution is 7.89. The number of rotatable bonds is 9. The van der Waals surface area contributed by atoms with E-state index in [2.05, 4.69) is 10.3 Å². The van der Waals surface area contributed by atoms with Gasteiger partial charge in [-0.1, -0.05) is 12.1 Å². The summed E-state index contributed by atoms with van der Waals surface area (Å²) in [6.45, 7) is -0.148. The zero-order valence-corrected chi connectivity index (χ0v) is 20.2. The summed E-state index contributed by atoms with van der Waals surface area (Å²) in [5.41, 5.74) is 0.922. The number of nitro groups is 1. The number of pyridine rings is 1. The molecule has 0 amide bonds. The lowest BCUT2D eigenvalue weighted by atomic mass is 10.0. The number of likely N-dealkylation sites (N-methyl/N-ethyl adjacent to an activating group) is 1. The highest BCUT2D eigenvalue weighted by Crippen LogP contribution is 2.30. The molecule has 0 spiro atoms. The number of non-ortho nitro benzene ring substituents is 1. The fraction of sp³-hybridized carbons (Fsp3) is 0.120. The molecule has 2 N–H and O–H groups in total. The molecule has 1 heterocycles. The second-order valence-corrected chi connectivity index (χ2v) is 10.2. The molecule has 0 saturated carbocycles. The van der Waals surface area contributed by atoms with E-state index in [1.165, 1.54) is 37.5 Å². The Kier molecular flexibility index (Phi) is 7.14. The number of carboxylic acids is 1. The third kappa shape index (κ3) is 5.39. The first-order valence-electron chi connectivity index (χ1n) is 10.9. The molecule has 1 aromatic heterocycles. The summed E-state index contributed by atoms with van der Waals surface area (Å²) < 4.78 is 41.6. The van der Waals surface area contributed by atoms with Crippen molar-refractivity contribution in [2.45, 2.75) is 10.9 Å². The maximum atomic E-state index is 14.1. The van der Waals surface area contributed by atoms with E-state index in [0.717, 1.165) is 28.6 Å². The molecule has 3 aromatic carbocycles. The average molecular weight is 525 g/mol. The number of nitrogens with one attached hydrogen (secondary N) is 1. The van der Waals surface area contributed by atoms with Crippen molar-refractivity contribution >= 4 is 38.3 Å². The van der Waals surface area contributed by atoms with Crippen LogP contribution in [0.5, 0.6) is 0 Å². The van der Waals surface area contributed by atoms with Gasteiger partial charge in [0.2, 0.25) is 10.0 Å². The molecule has 37 heavy (non-hydrogen) atoms. The summed E-state index contributed by atoms with van der Waals surface area (Å²) in [4.78, 5) is 26.0. The van der Waals surface area contributed by atoms with Crippen LogP contribution in [0.15, 0.2) is 83.9 Å². The minimum atomic E-state index is -4.06. The van der Waals surface area contributed by atoms with Crippen LogP contribution in [-0.2, 0) is 10.0 Å². The van der Waals surface area contributed by atoms with Crippen LogP contribution in [0.25, 0.3) is 10.9 Å². The minimum Gasteiger partial charge on any atom is -0.478 e. The maximum Gasteiger partial charge on any atom is 0.337 e. The zero-order valence-electron chi connectivity index (χ0n) is 19.4. The van der Waals surface area contributed by atoms with Crippen molar-refractivity contribution < 1.29 is 27.6 Å². The van der Waals surface area contributed by atoms with Gasteiger partial charge in [0.15, 0.2) is 0 Å². The molecule has 0 bridgehead atoms. The number of aromatic carboxylic acids is 1. The van der Waals surface area contributed by atoms with E-state index in [0.29, 0.717) is 16.6 Å². The van der Waals surface area contributed by atoms with Gasteiger partial charge in [0.1, 0.15) is 5.82 Å². The Balaban J connectivity index is 1.71. The van der Waals surface area contributed by atoms with Gasteiger partial charge in [-0.2, -0.15) is 4.31 Å². The number of sulfonamides is 1. The van der Waals surface area contributed by atoms with Gasteiger partial charge < -0.3 is 10.4 Å². The molecule has 0 aliphatic rings. The lowest BCUT2D eigenvalue weighted by Crippen LogP contribution is -2.33. The first-order valence-corrected chi connectivity index (χ1v) is 12.4. The number of nitrogens with zero attached hydrogens (tertiary/aromatic N) is 3. The molecule has 4 rings (SSSR count). The second-order valence-electron chi connectivity index (χ2n) is 8.15. The Morgan fingerprint density at radius 2 is 1.86 bits per heavy atom. The quantitative estimate of drug-likeness (QED) is 0.241. The normalized spacial score (nSPS) is 12.4. The molecule has 1 atom stereocenters. The van der Waals surface area contributed by atoms with Crippen LogP contribution in [0, 0.1) is 15.9 Å². The van der Waals surface area contributed by atoms with Crippen LogP contribution in [0.2, 0.25) is 0 Å². The number of halogens is 1. The van der Waals surface area contributed by atoms with Gasteiger partial charge in [-0.15, -0.1) is 0 Å². The van der Waals surface area contributed by atoms with E-state index in [4.69, 9.17) is 0 Å². The summed E-state index contributed by atoms with van der Waals surface area (Å²) in [5.74, 6) is -1.66. The topological polar surface area (TPSA) is 143 Å². The highest BCUT2D eigenvalue weighted by atomic mass is 32.2. The number of aromatic nitrogens is 1. The molecule has 190 valence electrons. The number of nitro benzene ring substituents is 1.